The zero-order valence-corrected chi connectivity index (χ0v) is 15.3. The van der Waals surface area contributed by atoms with E-state index in [9.17, 15) is 9.59 Å². The molecule has 2 aromatic rings. The molecule has 0 saturated heterocycles. The monoisotopic (exact) mass is 355 g/mol. The van der Waals surface area contributed by atoms with Gasteiger partial charge in [0.25, 0.3) is 5.91 Å². The molecule has 138 valence electrons. The van der Waals surface area contributed by atoms with Crippen LogP contribution in [0.4, 0.5) is 5.69 Å². The van der Waals surface area contributed by atoms with Crippen molar-refractivity contribution in [1.82, 2.24) is 0 Å². The molecule has 0 radical (unpaired) electrons. The highest BCUT2D eigenvalue weighted by molar-refractivity contribution is 5.95. The quantitative estimate of drug-likeness (QED) is 0.540. The van der Waals surface area contributed by atoms with Crippen molar-refractivity contribution < 1.29 is 19.1 Å². The Labute approximate surface area is 154 Å². The minimum atomic E-state index is -0.386. The fraction of sp³-hybridized carbons (Fsp3) is 0.333. The Morgan fingerprint density at radius 2 is 1.85 bits per heavy atom. The average molecular weight is 355 g/mol. The van der Waals surface area contributed by atoms with Crippen LogP contribution in [0.3, 0.4) is 0 Å². The van der Waals surface area contributed by atoms with E-state index < -0.39 is 0 Å². The van der Waals surface area contributed by atoms with E-state index in [0.717, 1.165) is 24.8 Å². The molecule has 5 heteroatoms. The zero-order chi connectivity index (χ0) is 18.8. The lowest BCUT2D eigenvalue weighted by Gasteiger charge is -2.11. The van der Waals surface area contributed by atoms with Crippen molar-refractivity contribution in [3.8, 4) is 5.75 Å². The van der Waals surface area contributed by atoms with E-state index in [-0.39, 0.29) is 18.5 Å². The van der Waals surface area contributed by atoms with Crippen LogP contribution in [-0.4, -0.2) is 25.1 Å². The van der Waals surface area contributed by atoms with Gasteiger partial charge in [-0.25, -0.2) is 4.79 Å². The van der Waals surface area contributed by atoms with Crippen LogP contribution in [-0.2, 0) is 16.0 Å². The van der Waals surface area contributed by atoms with Crippen molar-refractivity contribution in [2.24, 2.45) is 0 Å². The fourth-order valence-corrected chi connectivity index (χ4v) is 2.39. The highest BCUT2D eigenvalue weighted by Crippen LogP contribution is 2.18. The molecule has 0 saturated carbocycles. The molecule has 1 amide bonds. The first kappa shape index (κ1) is 19.5. The van der Waals surface area contributed by atoms with Gasteiger partial charge in [-0.2, -0.15) is 0 Å². The second kappa shape index (κ2) is 10.2. The van der Waals surface area contributed by atoms with Crippen molar-refractivity contribution in [3.05, 3.63) is 59.7 Å². The van der Waals surface area contributed by atoms with Crippen molar-refractivity contribution in [1.29, 1.82) is 0 Å². The van der Waals surface area contributed by atoms with Crippen molar-refractivity contribution in [3.63, 3.8) is 0 Å². The van der Waals surface area contributed by atoms with Gasteiger partial charge < -0.3 is 14.8 Å². The average Bonchev–Trinajstić information content (AvgIpc) is 2.67. The number of hydrogen-bond acceptors (Lipinski definition) is 4. The molecule has 0 aliphatic rings. The summed E-state index contributed by atoms with van der Waals surface area (Å²) in [7, 11) is 0. The first-order chi connectivity index (χ1) is 12.6. The van der Waals surface area contributed by atoms with Gasteiger partial charge in [0.1, 0.15) is 5.75 Å². The van der Waals surface area contributed by atoms with E-state index in [0.29, 0.717) is 23.6 Å². The van der Waals surface area contributed by atoms with Crippen LogP contribution in [0.1, 0.15) is 42.6 Å². The minimum Gasteiger partial charge on any atom is -0.483 e. The van der Waals surface area contributed by atoms with E-state index in [2.05, 4.69) is 5.32 Å². The maximum Gasteiger partial charge on any atom is 0.338 e. The van der Waals surface area contributed by atoms with Gasteiger partial charge in [-0.05, 0) is 42.7 Å². The number of esters is 1. The van der Waals surface area contributed by atoms with Gasteiger partial charge >= 0.3 is 5.97 Å². The predicted octanol–water partition coefficient (Wildman–Crippen LogP) is 4.22. The van der Waals surface area contributed by atoms with Gasteiger partial charge in [0.2, 0.25) is 0 Å². The molecule has 0 fully saturated rings. The number of aryl methyl sites for hydroxylation is 1. The fourth-order valence-electron chi connectivity index (χ4n) is 2.39. The summed E-state index contributed by atoms with van der Waals surface area (Å²) in [5, 5.41) is 2.74. The van der Waals surface area contributed by atoms with Gasteiger partial charge in [-0.1, -0.05) is 44.5 Å². The number of carbonyl (C=O) groups is 2. The number of rotatable bonds is 9. The molecule has 2 rings (SSSR count). The summed E-state index contributed by atoms with van der Waals surface area (Å²) in [6, 6.07) is 14.3. The Morgan fingerprint density at radius 3 is 2.62 bits per heavy atom. The first-order valence-corrected chi connectivity index (χ1v) is 8.91. The van der Waals surface area contributed by atoms with E-state index in [1.807, 2.05) is 38.1 Å². The number of carbonyl (C=O) groups excluding carboxylic acids is 2. The van der Waals surface area contributed by atoms with Crippen LogP contribution < -0.4 is 10.1 Å². The summed E-state index contributed by atoms with van der Waals surface area (Å²) in [6.45, 7) is 4.37. The van der Waals surface area contributed by atoms with Gasteiger partial charge in [-0.15, -0.1) is 0 Å². The first-order valence-electron chi connectivity index (χ1n) is 8.91. The van der Waals surface area contributed by atoms with Gasteiger partial charge in [-0.3, -0.25) is 4.79 Å². The maximum atomic E-state index is 12.1. The molecule has 1 N–H and O–H groups in total. The van der Waals surface area contributed by atoms with Crippen LogP contribution in [0.25, 0.3) is 0 Å². The number of amides is 1. The lowest BCUT2D eigenvalue weighted by molar-refractivity contribution is -0.118. The van der Waals surface area contributed by atoms with Gasteiger partial charge in [0.15, 0.2) is 6.61 Å². The molecular weight excluding hydrogens is 330 g/mol. The van der Waals surface area contributed by atoms with Crippen LogP contribution in [0.5, 0.6) is 5.75 Å². The van der Waals surface area contributed by atoms with Crippen LogP contribution in [0.2, 0.25) is 0 Å². The summed E-state index contributed by atoms with van der Waals surface area (Å²) in [6.07, 6.45) is 2.63. The van der Waals surface area contributed by atoms with Crippen LogP contribution in [0.15, 0.2) is 48.5 Å². The van der Waals surface area contributed by atoms with E-state index in [1.54, 1.807) is 24.3 Å². The Bertz CT molecular complexity index is 742. The second-order valence-electron chi connectivity index (χ2n) is 5.87. The smallest absolute Gasteiger partial charge is 0.338 e. The highest BCUT2D eigenvalue weighted by Gasteiger charge is 2.10. The topological polar surface area (TPSA) is 64.6 Å². The van der Waals surface area contributed by atoms with Crippen molar-refractivity contribution in [2.45, 2.75) is 33.1 Å². The Hall–Kier alpha value is -2.82. The molecule has 0 unspecified atom stereocenters. The molecule has 0 bridgehead atoms. The maximum absolute atomic E-state index is 12.1. The molecule has 0 atom stereocenters. The molecule has 26 heavy (non-hydrogen) atoms. The zero-order valence-electron chi connectivity index (χ0n) is 15.3. The SMILES string of the molecule is CCCCOC(=O)c1cccc(NC(=O)COc2ccccc2CC)c1. The number of anilines is 1. The molecule has 0 aliphatic heterocycles. The standard InChI is InChI=1S/C21H25NO4/c1-3-5-13-25-21(24)17-10-8-11-18(14-17)22-20(23)15-26-19-12-7-6-9-16(19)4-2/h6-12,14H,3-5,13,15H2,1-2H3,(H,22,23). The van der Waals surface area contributed by atoms with Crippen molar-refractivity contribution >= 4 is 17.6 Å². The van der Waals surface area contributed by atoms with Crippen LogP contribution >= 0.6 is 0 Å². The summed E-state index contributed by atoms with van der Waals surface area (Å²) >= 11 is 0. The molecule has 0 heterocycles. The number of hydrogen-bond donors (Lipinski definition) is 1. The van der Waals surface area contributed by atoms with Gasteiger partial charge in [0, 0.05) is 5.69 Å². The molecule has 0 spiro atoms. The second-order valence-corrected chi connectivity index (χ2v) is 5.87. The Morgan fingerprint density at radius 1 is 1.04 bits per heavy atom. The third-order valence-electron chi connectivity index (χ3n) is 3.83. The van der Waals surface area contributed by atoms with Crippen LogP contribution in [0, 0.1) is 0 Å². The molecule has 0 aliphatic carbocycles. The minimum absolute atomic E-state index is 0.0951. The third-order valence-corrected chi connectivity index (χ3v) is 3.83. The largest absolute Gasteiger partial charge is 0.483 e. The number of unbranched alkanes of at least 4 members (excludes halogenated alkanes) is 1. The summed E-state index contributed by atoms with van der Waals surface area (Å²) in [4.78, 5) is 24.1. The number of benzene rings is 2. The predicted molar refractivity (Wildman–Crippen MR) is 102 cm³/mol. The molecular formula is C21H25NO4. The lowest BCUT2D eigenvalue weighted by Crippen LogP contribution is -2.20. The Balaban J connectivity index is 1.90. The third kappa shape index (κ3) is 5.92. The van der Waals surface area contributed by atoms with Crippen molar-refractivity contribution in [2.75, 3.05) is 18.5 Å². The lowest BCUT2D eigenvalue weighted by atomic mass is 10.1. The molecule has 5 nitrogen and oxygen atoms in total. The number of nitrogens with one attached hydrogen (secondary N) is 1. The summed E-state index contributed by atoms with van der Waals surface area (Å²) in [5.74, 6) is 0.0356. The number of para-hydroxylation sites is 1. The normalized spacial score (nSPS) is 10.2. The summed E-state index contributed by atoms with van der Waals surface area (Å²) in [5.41, 5.74) is 2.00. The van der Waals surface area contributed by atoms with E-state index in [1.165, 1.54) is 0 Å². The summed E-state index contributed by atoms with van der Waals surface area (Å²) < 4.78 is 10.8. The van der Waals surface area contributed by atoms with Gasteiger partial charge in [0.05, 0.1) is 12.2 Å². The molecule has 0 aromatic heterocycles. The number of ether oxygens (including phenoxy) is 2. The molecule has 2 aromatic carbocycles. The highest BCUT2D eigenvalue weighted by atomic mass is 16.5. The van der Waals surface area contributed by atoms with E-state index in [4.69, 9.17) is 9.47 Å². The van der Waals surface area contributed by atoms with E-state index >= 15 is 0 Å². The Kier molecular flexibility index (Phi) is 7.68.